The number of hydrogen-bond donors (Lipinski definition) is 2. The van der Waals surface area contributed by atoms with Crippen molar-refractivity contribution in [3.8, 4) is 5.75 Å². The van der Waals surface area contributed by atoms with E-state index in [1.165, 1.54) is 24.1 Å². The highest BCUT2D eigenvalue weighted by Gasteiger charge is 2.23. The molecule has 0 unspecified atom stereocenters. The zero-order valence-electron chi connectivity index (χ0n) is 21.1. The molecule has 0 aliphatic rings. The molecular formula is C25H24N4O9S. The lowest BCUT2D eigenvalue weighted by Crippen LogP contribution is -2.32. The molecule has 0 spiro atoms. The number of fused-ring (bicyclic) bond motifs is 3. The molecule has 2 N–H and O–H groups in total. The molecule has 0 aliphatic carbocycles. The molecule has 1 amide bonds. The molecule has 39 heavy (non-hydrogen) atoms. The van der Waals surface area contributed by atoms with E-state index in [-0.39, 0.29) is 11.4 Å². The van der Waals surface area contributed by atoms with Crippen LogP contribution in [0.5, 0.6) is 5.75 Å². The minimum atomic E-state index is -4.28. The molecule has 13 nitrogen and oxygen atoms in total. The fraction of sp³-hybridized carbons (Fsp3) is 0.200. The fourth-order valence-corrected chi connectivity index (χ4v) is 4.82. The SMILES string of the molecule is COc1cc2c(cc1NC(=O)COC(=O)CNS(=O)(=O)c1ccc(N(C)C)c([N+](=O)[O-])c1)oc1ccccc12. The van der Waals surface area contributed by atoms with Crippen molar-refractivity contribution < 1.29 is 36.8 Å². The monoisotopic (exact) mass is 556 g/mol. The van der Waals surface area contributed by atoms with Crippen molar-refractivity contribution >= 4 is 60.9 Å². The van der Waals surface area contributed by atoms with Gasteiger partial charge in [0.1, 0.15) is 29.1 Å². The van der Waals surface area contributed by atoms with E-state index in [1.807, 2.05) is 29.0 Å². The Morgan fingerprint density at radius 3 is 2.49 bits per heavy atom. The predicted octanol–water partition coefficient (Wildman–Crippen LogP) is 3.03. The summed E-state index contributed by atoms with van der Waals surface area (Å²) < 4.78 is 43.2. The van der Waals surface area contributed by atoms with Crippen molar-refractivity contribution in [3.05, 3.63) is 64.7 Å². The Kier molecular flexibility index (Phi) is 7.69. The van der Waals surface area contributed by atoms with Gasteiger partial charge < -0.3 is 24.1 Å². The van der Waals surface area contributed by atoms with Gasteiger partial charge in [0.15, 0.2) is 6.61 Å². The second-order valence-corrected chi connectivity index (χ2v) is 10.2. The van der Waals surface area contributed by atoms with Gasteiger partial charge in [-0.1, -0.05) is 18.2 Å². The minimum absolute atomic E-state index is 0.209. The Morgan fingerprint density at radius 1 is 1.05 bits per heavy atom. The second-order valence-electron chi connectivity index (χ2n) is 8.48. The molecule has 1 aromatic heterocycles. The summed E-state index contributed by atoms with van der Waals surface area (Å²) in [6.07, 6.45) is 0. The number of anilines is 2. The molecular weight excluding hydrogens is 532 g/mol. The fourth-order valence-electron chi connectivity index (χ4n) is 3.83. The van der Waals surface area contributed by atoms with Crippen LogP contribution in [0.25, 0.3) is 21.9 Å². The van der Waals surface area contributed by atoms with Crippen LogP contribution in [0, 0.1) is 10.1 Å². The first-order valence-corrected chi connectivity index (χ1v) is 12.9. The van der Waals surface area contributed by atoms with Gasteiger partial charge >= 0.3 is 5.97 Å². The molecule has 0 atom stereocenters. The van der Waals surface area contributed by atoms with E-state index in [0.29, 0.717) is 16.9 Å². The first-order chi connectivity index (χ1) is 18.5. The van der Waals surface area contributed by atoms with Gasteiger partial charge in [0.25, 0.3) is 11.6 Å². The Balaban J connectivity index is 1.37. The number of ether oxygens (including phenoxy) is 2. The van der Waals surface area contributed by atoms with Crippen LogP contribution in [0.2, 0.25) is 0 Å². The summed E-state index contributed by atoms with van der Waals surface area (Å²) in [6.45, 7) is -1.50. The normalized spacial score (nSPS) is 11.4. The number of esters is 1. The zero-order valence-corrected chi connectivity index (χ0v) is 21.9. The molecule has 0 saturated heterocycles. The number of para-hydroxylation sites is 1. The van der Waals surface area contributed by atoms with E-state index in [0.717, 1.165) is 16.8 Å². The molecule has 1 heterocycles. The number of methoxy groups -OCH3 is 1. The van der Waals surface area contributed by atoms with Crippen LogP contribution in [0.15, 0.2) is 63.9 Å². The van der Waals surface area contributed by atoms with Gasteiger partial charge in [0, 0.05) is 37.0 Å². The van der Waals surface area contributed by atoms with Crippen molar-refractivity contribution in [2.24, 2.45) is 0 Å². The van der Waals surface area contributed by atoms with Gasteiger partial charge in [-0.25, -0.2) is 8.42 Å². The van der Waals surface area contributed by atoms with Crippen molar-refractivity contribution in [1.29, 1.82) is 0 Å². The Hall–Kier alpha value is -4.69. The zero-order chi connectivity index (χ0) is 28.3. The molecule has 0 bridgehead atoms. The predicted molar refractivity (Wildman–Crippen MR) is 142 cm³/mol. The molecule has 14 heteroatoms. The highest BCUT2D eigenvalue weighted by Crippen LogP contribution is 2.36. The second kappa shape index (κ2) is 11.0. The van der Waals surface area contributed by atoms with Crippen LogP contribution in [0.4, 0.5) is 17.1 Å². The van der Waals surface area contributed by atoms with Crippen molar-refractivity contribution in [2.45, 2.75) is 4.90 Å². The lowest BCUT2D eigenvalue weighted by Gasteiger charge is -2.14. The van der Waals surface area contributed by atoms with E-state index >= 15 is 0 Å². The number of sulfonamides is 1. The highest BCUT2D eigenvalue weighted by molar-refractivity contribution is 7.89. The number of carbonyl (C=O) groups excluding carboxylic acids is 2. The maximum Gasteiger partial charge on any atom is 0.321 e. The van der Waals surface area contributed by atoms with Crippen LogP contribution in [0.3, 0.4) is 0 Å². The van der Waals surface area contributed by atoms with Crippen molar-refractivity contribution in [2.75, 3.05) is 44.6 Å². The number of benzene rings is 3. The lowest BCUT2D eigenvalue weighted by atomic mass is 10.1. The summed E-state index contributed by atoms with van der Waals surface area (Å²) in [5.74, 6) is -1.38. The maximum absolute atomic E-state index is 12.6. The number of hydrogen-bond acceptors (Lipinski definition) is 10. The van der Waals surface area contributed by atoms with Crippen LogP contribution in [-0.2, 0) is 24.3 Å². The summed E-state index contributed by atoms with van der Waals surface area (Å²) in [5, 5.41) is 15.6. The van der Waals surface area contributed by atoms with Crippen LogP contribution >= 0.6 is 0 Å². The topological polar surface area (TPSA) is 170 Å². The largest absolute Gasteiger partial charge is 0.495 e. The number of nitrogens with one attached hydrogen (secondary N) is 2. The number of rotatable bonds is 10. The number of nitro benzene ring substituents is 1. The Labute approximate surface area is 222 Å². The van der Waals surface area contributed by atoms with Gasteiger partial charge in [-0.15, -0.1) is 0 Å². The standard InChI is InChI=1S/C25H24N4O9S/c1-28(2)19-9-8-15(10-20(19)29(32)33)39(34,35)26-13-25(31)37-14-24(30)27-18-12-22-17(11-23(18)36-3)16-6-4-5-7-21(16)38-22/h4-12,26H,13-14H2,1-3H3,(H,27,30). The van der Waals surface area contributed by atoms with Gasteiger partial charge in [0.05, 0.1) is 22.6 Å². The van der Waals surface area contributed by atoms with Gasteiger partial charge in [0.2, 0.25) is 10.0 Å². The molecule has 4 rings (SSSR count). The van der Waals surface area contributed by atoms with E-state index in [4.69, 9.17) is 13.9 Å². The third kappa shape index (κ3) is 5.91. The maximum atomic E-state index is 12.6. The summed E-state index contributed by atoms with van der Waals surface area (Å²) in [7, 11) is 0.310. The van der Waals surface area contributed by atoms with Gasteiger partial charge in [-0.2, -0.15) is 4.72 Å². The smallest absolute Gasteiger partial charge is 0.321 e. The van der Waals surface area contributed by atoms with E-state index in [1.54, 1.807) is 26.2 Å². The molecule has 204 valence electrons. The molecule has 0 fully saturated rings. The highest BCUT2D eigenvalue weighted by atomic mass is 32.2. The number of carbonyl (C=O) groups is 2. The molecule has 3 aromatic carbocycles. The van der Waals surface area contributed by atoms with Crippen molar-refractivity contribution in [1.82, 2.24) is 4.72 Å². The van der Waals surface area contributed by atoms with Gasteiger partial charge in [-0.3, -0.25) is 19.7 Å². The first-order valence-electron chi connectivity index (χ1n) is 11.4. The first kappa shape index (κ1) is 27.3. The lowest BCUT2D eigenvalue weighted by molar-refractivity contribution is -0.384. The van der Waals surface area contributed by atoms with Crippen molar-refractivity contribution in [3.63, 3.8) is 0 Å². The Bertz CT molecular complexity index is 1700. The summed E-state index contributed by atoms with van der Waals surface area (Å²) >= 11 is 0. The van der Waals surface area contributed by atoms with Crippen LogP contribution in [0.1, 0.15) is 0 Å². The molecule has 0 aliphatic heterocycles. The summed E-state index contributed by atoms with van der Waals surface area (Å²) in [4.78, 5) is 36.2. The average Bonchev–Trinajstić information content (AvgIpc) is 3.27. The van der Waals surface area contributed by atoms with E-state index < -0.39 is 50.6 Å². The van der Waals surface area contributed by atoms with Gasteiger partial charge in [-0.05, 0) is 24.3 Å². The summed E-state index contributed by atoms with van der Waals surface area (Å²) in [5.41, 5.74) is 1.25. The number of furan rings is 1. The Morgan fingerprint density at radius 2 is 1.79 bits per heavy atom. The molecule has 0 saturated carbocycles. The van der Waals surface area contributed by atoms with Crippen LogP contribution < -0.4 is 19.7 Å². The number of nitrogens with zero attached hydrogens (tertiary/aromatic N) is 2. The molecule has 0 radical (unpaired) electrons. The molecule has 4 aromatic rings. The minimum Gasteiger partial charge on any atom is -0.495 e. The van der Waals surface area contributed by atoms with E-state index in [9.17, 15) is 28.1 Å². The third-order valence-electron chi connectivity index (χ3n) is 5.68. The van der Waals surface area contributed by atoms with Crippen LogP contribution in [-0.4, -0.2) is 59.6 Å². The quantitative estimate of drug-likeness (QED) is 0.168. The number of nitro groups is 1. The third-order valence-corrected chi connectivity index (χ3v) is 7.08. The average molecular weight is 557 g/mol. The van der Waals surface area contributed by atoms with E-state index in [2.05, 4.69) is 5.32 Å². The summed E-state index contributed by atoms with van der Waals surface area (Å²) in [6, 6.07) is 14.1. The number of amides is 1.